The first-order valence-electron chi connectivity index (χ1n) is 7.05. The molecular weight excluding hydrogens is 324 g/mol. The van der Waals surface area contributed by atoms with Gasteiger partial charge >= 0.3 is 5.97 Å². The number of carbonyl (C=O) groups is 1. The third-order valence-electron chi connectivity index (χ3n) is 3.87. The molecule has 2 aliphatic heterocycles. The lowest BCUT2D eigenvalue weighted by Crippen LogP contribution is -2.17. The van der Waals surface area contributed by atoms with E-state index in [0.29, 0.717) is 12.2 Å². The van der Waals surface area contributed by atoms with Crippen molar-refractivity contribution in [1.82, 2.24) is 4.31 Å². The lowest BCUT2D eigenvalue weighted by Gasteiger charge is -2.07. The molecule has 0 radical (unpaired) electrons. The van der Waals surface area contributed by atoms with Crippen LogP contribution in [0.1, 0.15) is 13.3 Å². The summed E-state index contributed by atoms with van der Waals surface area (Å²) in [5, 5.41) is 11.0. The van der Waals surface area contributed by atoms with Crippen LogP contribution in [0.25, 0.3) is 0 Å². The van der Waals surface area contributed by atoms with Gasteiger partial charge < -0.3 is 4.74 Å². The Hall–Kier alpha value is -2.26. The van der Waals surface area contributed by atoms with Gasteiger partial charge in [0, 0.05) is 12.6 Å². The van der Waals surface area contributed by atoms with E-state index in [4.69, 9.17) is 4.74 Å². The fourth-order valence-electron chi connectivity index (χ4n) is 2.53. The van der Waals surface area contributed by atoms with Gasteiger partial charge in [0.15, 0.2) is 4.90 Å². The van der Waals surface area contributed by atoms with Crippen LogP contribution in [0.4, 0.5) is 5.69 Å². The fraction of sp³-hybridized carbons (Fsp3) is 0.357. The Labute approximate surface area is 132 Å². The second-order valence-electron chi connectivity index (χ2n) is 5.32. The van der Waals surface area contributed by atoms with Crippen LogP contribution < -0.4 is 0 Å². The number of sulfonamides is 1. The number of esters is 1. The van der Waals surface area contributed by atoms with Gasteiger partial charge in [0.1, 0.15) is 5.76 Å². The summed E-state index contributed by atoms with van der Waals surface area (Å²) >= 11 is 0. The normalized spacial score (nSPS) is 26.6. The summed E-state index contributed by atoms with van der Waals surface area (Å²) in [6.45, 7) is 1.98. The van der Waals surface area contributed by atoms with Crippen LogP contribution >= 0.6 is 0 Å². The zero-order chi connectivity index (χ0) is 16.8. The summed E-state index contributed by atoms with van der Waals surface area (Å²) in [5.74, 6) is -0.442. The lowest BCUT2D eigenvalue weighted by atomic mass is 10.1. The molecule has 23 heavy (non-hydrogen) atoms. The highest BCUT2D eigenvalue weighted by Gasteiger charge is 2.51. The molecule has 2 heterocycles. The molecule has 0 aromatic heterocycles. The van der Waals surface area contributed by atoms with Gasteiger partial charge in [0.25, 0.3) is 15.7 Å². The zero-order valence-corrected chi connectivity index (χ0v) is 13.0. The topological polar surface area (TPSA) is 107 Å². The van der Waals surface area contributed by atoms with Crippen molar-refractivity contribution < 1.29 is 22.9 Å². The number of hydrogen-bond donors (Lipinski definition) is 0. The predicted molar refractivity (Wildman–Crippen MR) is 78.7 cm³/mol. The smallest absolute Gasteiger partial charge is 0.318 e. The second kappa shape index (κ2) is 5.43. The molecule has 9 heteroatoms. The van der Waals surface area contributed by atoms with Gasteiger partial charge in [-0.25, -0.2) is 8.42 Å². The largest absolute Gasteiger partial charge is 0.429 e. The molecule has 3 rings (SSSR count). The monoisotopic (exact) mass is 338 g/mol. The summed E-state index contributed by atoms with van der Waals surface area (Å²) in [4.78, 5) is 21.5. The van der Waals surface area contributed by atoms with Crippen molar-refractivity contribution >= 4 is 21.7 Å². The summed E-state index contributed by atoms with van der Waals surface area (Å²) in [6, 6.07) is 4.62. The van der Waals surface area contributed by atoms with E-state index in [0.717, 1.165) is 10.4 Å². The van der Waals surface area contributed by atoms with E-state index in [9.17, 15) is 23.3 Å². The Morgan fingerprint density at radius 2 is 2.09 bits per heavy atom. The number of nitro groups is 1. The van der Waals surface area contributed by atoms with Crippen LogP contribution in [0.5, 0.6) is 0 Å². The van der Waals surface area contributed by atoms with Crippen LogP contribution in [0.3, 0.4) is 0 Å². The van der Waals surface area contributed by atoms with Crippen molar-refractivity contribution in [3.05, 3.63) is 46.2 Å². The van der Waals surface area contributed by atoms with E-state index in [-0.39, 0.29) is 17.4 Å². The van der Waals surface area contributed by atoms with E-state index in [1.54, 1.807) is 6.08 Å². The first-order chi connectivity index (χ1) is 10.9. The highest BCUT2D eigenvalue weighted by atomic mass is 32.2. The number of rotatable bonds is 5. The van der Waals surface area contributed by atoms with E-state index < -0.39 is 32.6 Å². The lowest BCUT2D eigenvalue weighted by molar-refractivity contribution is -0.387. The van der Waals surface area contributed by atoms with Crippen LogP contribution in [0.15, 0.2) is 41.0 Å². The van der Waals surface area contributed by atoms with Crippen LogP contribution in [-0.4, -0.2) is 36.2 Å². The van der Waals surface area contributed by atoms with E-state index in [2.05, 4.69) is 0 Å². The number of para-hydroxylation sites is 1. The molecule has 3 atom stereocenters. The molecule has 8 nitrogen and oxygen atoms in total. The standard InChI is InChI=1S/C14H14N2O6S/c1-2-9-7-12(22-14(9)17)11-8-15(11)23(20,21)13-6-4-3-5-10(13)16(18)19/h3-7,9,11H,2,8H2,1H3/t9-,11?,15+/m1/s1. The Bertz CT molecular complexity index is 816. The summed E-state index contributed by atoms with van der Waals surface area (Å²) in [7, 11) is -4.01. The van der Waals surface area contributed by atoms with Gasteiger partial charge in [0.05, 0.1) is 16.9 Å². The van der Waals surface area contributed by atoms with E-state index >= 15 is 0 Å². The Balaban J connectivity index is 1.87. The number of ether oxygens (including phenoxy) is 1. The van der Waals surface area contributed by atoms with Gasteiger partial charge in [-0.15, -0.1) is 0 Å². The minimum absolute atomic E-state index is 0.143. The van der Waals surface area contributed by atoms with Gasteiger partial charge in [-0.3, -0.25) is 14.9 Å². The predicted octanol–water partition coefficient (Wildman–Crippen LogP) is 1.43. The van der Waals surface area contributed by atoms with E-state index in [1.807, 2.05) is 6.92 Å². The van der Waals surface area contributed by atoms with Crippen LogP contribution in [-0.2, 0) is 19.6 Å². The molecule has 0 N–H and O–H groups in total. The average Bonchev–Trinajstić information content (AvgIpc) is 3.25. The van der Waals surface area contributed by atoms with Gasteiger partial charge in [-0.2, -0.15) is 4.31 Å². The molecule has 0 bridgehead atoms. The highest BCUT2D eigenvalue weighted by Crippen LogP contribution is 2.39. The van der Waals surface area contributed by atoms with Crippen molar-refractivity contribution in [1.29, 1.82) is 0 Å². The van der Waals surface area contributed by atoms with E-state index in [1.165, 1.54) is 18.2 Å². The van der Waals surface area contributed by atoms with Crippen LogP contribution in [0.2, 0.25) is 0 Å². The van der Waals surface area contributed by atoms with Crippen molar-refractivity contribution in [3.8, 4) is 0 Å². The van der Waals surface area contributed by atoms with Crippen LogP contribution in [0, 0.1) is 16.0 Å². The molecule has 1 aromatic carbocycles. The maximum absolute atomic E-state index is 12.6. The number of nitro benzene ring substituents is 1. The van der Waals surface area contributed by atoms with Crippen molar-refractivity contribution in [2.45, 2.75) is 24.3 Å². The molecule has 0 aliphatic carbocycles. The summed E-state index contributed by atoms with van der Waals surface area (Å²) < 4.78 is 31.3. The number of hydrogen-bond acceptors (Lipinski definition) is 6. The van der Waals surface area contributed by atoms with Gasteiger partial charge in [-0.05, 0) is 18.6 Å². The first-order valence-corrected chi connectivity index (χ1v) is 8.49. The first kappa shape index (κ1) is 15.6. The van der Waals surface area contributed by atoms with Crippen molar-refractivity contribution in [3.63, 3.8) is 0 Å². The molecule has 2 aliphatic rings. The zero-order valence-electron chi connectivity index (χ0n) is 12.2. The third-order valence-corrected chi connectivity index (χ3v) is 5.79. The summed E-state index contributed by atoms with van der Waals surface area (Å²) in [5.41, 5.74) is -0.470. The van der Waals surface area contributed by atoms with Crippen molar-refractivity contribution in [2.75, 3.05) is 6.54 Å². The molecule has 1 unspecified atom stereocenters. The fourth-order valence-corrected chi connectivity index (χ4v) is 4.22. The maximum atomic E-state index is 12.6. The minimum atomic E-state index is -4.01. The SMILES string of the molecule is CC[C@@H]1C=C(C2C[N@]2S(=O)(=O)c2ccccc2[N+](=O)[O-])OC1=O. The minimum Gasteiger partial charge on any atom is -0.429 e. The second-order valence-corrected chi connectivity index (χ2v) is 7.18. The molecule has 0 amide bonds. The number of benzene rings is 1. The van der Waals surface area contributed by atoms with Gasteiger partial charge in [0.2, 0.25) is 0 Å². The molecule has 1 saturated heterocycles. The number of cyclic esters (lactones) is 1. The quantitative estimate of drug-likeness (QED) is 0.348. The summed E-state index contributed by atoms with van der Waals surface area (Å²) in [6.07, 6.45) is 2.20. The molecule has 122 valence electrons. The Morgan fingerprint density at radius 1 is 1.39 bits per heavy atom. The molecule has 0 spiro atoms. The molecular formula is C14H14N2O6S. The Morgan fingerprint density at radius 3 is 2.70 bits per heavy atom. The van der Waals surface area contributed by atoms with Gasteiger partial charge in [-0.1, -0.05) is 19.1 Å². The highest BCUT2D eigenvalue weighted by molar-refractivity contribution is 7.89. The van der Waals surface area contributed by atoms with Crippen molar-refractivity contribution in [2.24, 2.45) is 5.92 Å². The molecule has 1 aromatic rings. The molecule has 0 saturated carbocycles. The Kier molecular flexibility index (Phi) is 3.69. The third kappa shape index (κ3) is 2.62. The number of nitrogens with zero attached hydrogens (tertiary/aromatic N) is 2. The molecule has 1 fully saturated rings. The average molecular weight is 338 g/mol. The number of carbonyl (C=O) groups excluding carboxylic acids is 1. The maximum Gasteiger partial charge on any atom is 0.318 e.